The van der Waals surface area contributed by atoms with E-state index in [1.165, 1.54) is 56.1 Å². The third-order valence-corrected chi connectivity index (χ3v) is 4.07. The van der Waals surface area contributed by atoms with E-state index in [0.29, 0.717) is 6.42 Å². The summed E-state index contributed by atoms with van der Waals surface area (Å²) >= 11 is 0. The highest BCUT2D eigenvalue weighted by Crippen LogP contribution is 2.13. The quantitative estimate of drug-likeness (QED) is 0.565. The molecule has 0 aliphatic rings. The summed E-state index contributed by atoms with van der Waals surface area (Å²) in [6.07, 6.45) is 11.0. The number of rotatable bonds is 12. The van der Waals surface area contributed by atoms with E-state index in [2.05, 4.69) is 31.2 Å². The predicted molar refractivity (Wildman–Crippen MR) is 89.6 cm³/mol. The van der Waals surface area contributed by atoms with E-state index in [0.717, 1.165) is 12.8 Å². The molecule has 0 spiro atoms. The maximum absolute atomic E-state index is 9.61. The van der Waals surface area contributed by atoms with Crippen LogP contribution in [-0.2, 0) is 12.8 Å². The molecular weight excluding hydrogens is 260 g/mol. The molecule has 0 radical (unpaired) electrons. The van der Waals surface area contributed by atoms with Crippen LogP contribution in [0.2, 0.25) is 0 Å². The third-order valence-electron chi connectivity index (χ3n) is 4.07. The van der Waals surface area contributed by atoms with Gasteiger partial charge in [-0.2, -0.15) is 0 Å². The molecular formula is C19H32O2. The van der Waals surface area contributed by atoms with Gasteiger partial charge in [0.25, 0.3) is 0 Å². The average molecular weight is 292 g/mol. The summed E-state index contributed by atoms with van der Waals surface area (Å²) < 4.78 is 0. The van der Waals surface area contributed by atoms with Crippen LogP contribution in [0, 0.1) is 0 Å². The van der Waals surface area contributed by atoms with Crippen molar-refractivity contribution >= 4 is 0 Å². The summed E-state index contributed by atoms with van der Waals surface area (Å²) in [5.41, 5.74) is 2.70. The van der Waals surface area contributed by atoms with Crippen LogP contribution >= 0.6 is 0 Å². The Morgan fingerprint density at radius 2 is 1.38 bits per heavy atom. The minimum absolute atomic E-state index is 0.0678. The smallest absolute Gasteiger partial charge is 0.0565 e. The first-order chi connectivity index (χ1) is 10.3. The molecule has 0 saturated carbocycles. The van der Waals surface area contributed by atoms with Crippen molar-refractivity contribution in [2.24, 2.45) is 0 Å². The molecule has 0 heterocycles. The summed E-state index contributed by atoms with van der Waals surface area (Å²) in [7, 11) is 0. The van der Waals surface area contributed by atoms with Crippen LogP contribution in [0.1, 0.15) is 69.4 Å². The van der Waals surface area contributed by atoms with Crippen molar-refractivity contribution in [3.63, 3.8) is 0 Å². The van der Waals surface area contributed by atoms with Gasteiger partial charge >= 0.3 is 0 Å². The van der Waals surface area contributed by atoms with Crippen molar-refractivity contribution in [2.45, 2.75) is 77.2 Å². The van der Waals surface area contributed by atoms with Crippen LogP contribution < -0.4 is 0 Å². The van der Waals surface area contributed by atoms with Gasteiger partial charge in [-0.3, -0.25) is 0 Å². The van der Waals surface area contributed by atoms with Crippen LogP contribution in [0.15, 0.2) is 24.3 Å². The maximum Gasteiger partial charge on any atom is 0.0565 e. The second-order valence-electron chi connectivity index (χ2n) is 6.04. The second kappa shape index (κ2) is 11.8. The summed E-state index contributed by atoms with van der Waals surface area (Å²) in [6, 6.07) is 8.80. The van der Waals surface area contributed by atoms with E-state index in [9.17, 15) is 5.11 Å². The van der Waals surface area contributed by atoms with Gasteiger partial charge < -0.3 is 10.2 Å². The Labute approximate surface area is 130 Å². The molecule has 21 heavy (non-hydrogen) atoms. The second-order valence-corrected chi connectivity index (χ2v) is 6.04. The summed E-state index contributed by atoms with van der Waals surface area (Å²) in [6.45, 7) is 2.32. The van der Waals surface area contributed by atoms with E-state index < -0.39 is 0 Å². The Balaban J connectivity index is 2.18. The molecule has 2 N–H and O–H groups in total. The van der Waals surface area contributed by atoms with Crippen molar-refractivity contribution < 1.29 is 10.2 Å². The number of aryl methyl sites for hydroxylation is 2. The maximum atomic E-state index is 9.61. The van der Waals surface area contributed by atoms with Gasteiger partial charge in [-0.1, -0.05) is 63.3 Å². The van der Waals surface area contributed by atoms with Gasteiger partial charge in [0.2, 0.25) is 0 Å². The molecule has 2 heteroatoms. The van der Waals surface area contributed by atoms with Crippen molar-refractivity contribution in [2.75, 3.05) is 6.61 Å². The standard InChI is InChI=1S/C19H32O2/c1-2-3-4-5-6-7-8-17-9-11-18(12-10-17)13-14-19(21)15-16-20/h9-12,19-21H,2-8,13-16H2,1H3. The topological polar surface area (TPSA) is 40.5 Å². The van der Waals surface area contributed by atoms with E-state index in [1.807, 2.05) is 0 Å². The molecule has 2 nitrogen and oxygen atoms in total. The van der Waals surface area contributed by atoms with Gasteiger partial charge in [0.1, 0.15) is 0 Å². The zero-order chi connectivity index (χ0) is 15.3. The molecule has 1 aromatic rings. The molecule has 1 aromatic carbocycles. The van der Waals surface area contributed by atoms with Crippen LogP contribution in [0.5, 0.6) is 0 Å². The molecule has 0 bridgehead atoms. The lowest BCUT2D eigenvalue weighted by Crippen LogP contribution is -2.09. The Bertz CT molecular complexity index is 345. The van der Waals surface area contributed by atoms with Gasteiger partial charge in [0, 0.05) is 6.61 Å². The molecule has 120 valence electrons. The highest BCUT2D eigenvalue weighted by atomic mass is 16.3. The minimum Gasteiger partial charge on any atom is -0.396 e. The predicted octanol–water partition coefficient (Wildman–Crippen LogP) is 4.27. The van der Waals surface area contributed by atoms with Crippen LogP contribution in [0.4, 0.5) is 0 Å². The molecule has 1 atom stereocenters. The lowest BCUT2D eigenvalue weighted by molar-refractivity contribution is 0.125. The van der Waals surface area contributed by atoms with E-state index >= 15 is 0 Å². The summed E-state index contributed by atoms with van der Waals surface area (Å²) in [4.78, 5) is 0. The number of aliphatic hydroxyl groups excluding tert-OH is 2. The number of unbranched alkanes of at least 4 members (excludes halogenated alkanes) is 5. The van der Waals surface area contributed by atoms with Crippen molar-refractivity contribution in [1.29, 1.82) is 0 Å². The Kier molecular flexibility index (Phi) is 10.2. The summed E-state index contributed by atoms with van der Waals surface area (Å²) in [5.74, 6) is 0. The molecule has 1 unspecified atom stereocenters. The molecule has 0 saturated heterocycles. The van der Waals surface area contributed by atoms with Crippen LogP contribution in [0.25, 0.3) is 0 Å². The van der Waals surface area contributed by atoms with Crippen LogP contribution in [-0.4, -0.2) is 22.9 Å². The fourth-order valence-corrected chi connectivity index (χ4v) is 2.61. The molecule has 0 aromatic heterocycles. The zero-order valence-electron chi connectivity index (χ0n) is 13.6. The minimum atomic E-state index is -0.377. The monoisotopic (exact) mass is 292 g/mol. The van der Waals surface area contributed by atoms with Crippen LogP contribution in [0.3, 0.4) is 0 Å². The van der Waals surface area contributed by atoms with E-state index in [-0.39, 0.29) is 12.7 Å². The van der Waals surface area contributed by atoms with Crippen molar-refractivity contribution in [3.8, 4) is 0 Å². The lowest BCUT2D eigenvalue weighted by atomic mass is 10.0. The van der Waals surface area contributed by atoms with Gasteiger partial charge in [-0.05, 0) is 43.2 Å². The fraction of sp³-hybridized carbons (Fsp3) is 0.684. The first-order valence-corrected chi connectivity index (χ1v) is 8.63. The van der Waals surface area contributed by atoms with Crippen molar-refractivity contribution in [3.05, 3.63) is 35.4 Å². The van der Waals surface area contributed by atoms with E-state index in [1.54, 1.807) is 0 Å². The lowest BCUT2D eigenvalue weighted by Gasteiger charge is -2.09. The van der Waals surface area contributed by atoms with Crippen molar-refractivity contribution in [1.82, 2.24) is 0 Å². The fourth-order valence-electron chi connectivity index (χ4n) is 2.61. The molecule has 0 amide bonds. The number of hydrogen-bond acceptors (Lipinski definition) is 2. The highest BCUT2D eigenvalue weighted by Gasteiger charge is 2.03. The average Bonchev–Trinajstić information content (AvgIpc) is 2.50. The molecule has 0 fully saturated rings. The number of hydrogen-bond donors (Lipinski definition) is 2. The SMILES string of the molecule is CCCCCCCCc1ccc(CCC(O)CCO)cc1. The highest BCUT2D eigenvalue weighted by molar-refractivity contribution is 5.22. The number of benzene rings is 1. The first-order valence-electron chi connectivity index (χ1n) is 8.63. The third kappa shape index (κ3) is 8.90. The Hall–Kier alpha value is -0.860. The van der Waals surface area contributed by atoms with Gasteiger partial charge in [0.15, 0.2) is 0 Å². The number of aliphatic hydroxyl groups is 2. The van der Waals surface area contributed by atoms with Gasteiger partial charge in [-0.15, -0.1) is 0 Å². The molecule has 0 aliphatic carbocycles. The zero-order valence-corrected chi connectivity index (χ0v) is 13.6. The normalized spacial score (nSPS) is 12.5. The summed E-state index contributed by atoms with van der Waals surface area (Å²) in [5, 5.41) is 18.4. The van der Waals surface area contributed by atoms with Gasteiger partial charge in [-0.25, -0.2) is 0 Å². The van der Waals surface area contributed by atoms with Gasteiger partial charge in [0.05, 0.1) is 6.10 Å². The molecule has 0 aliphatic heterocycles. The largest absolute Gasteiger partial charge is 0.396 e. The Morgan fingerprint density at radius 3 is 2.00 bits per heavy atom. The first kappa shape index (κ1) is 18.2. The van der Waals surface area contributed by atoms with E-state index in [4.69, 9.17) is 5.11 Å². The molecule has 1 rings (SSSR count). The Morgan fingerprint density at radius 1 is 0.810 bits per heavy atom.